The van der Waals surface area contributed by atoms with Gasteiger partial charge in [-0.05, 0) is 76.8 Å². The van der Waals surface area contributed by atoms with Gasteiger partial charge in [0.15, 0.2) is 5.78 Å². The first kappa shape index (κ1) is 29.6. The number of nitrogens with zero attached hydrogens (tertiary/aromatic N) is 1. The summed E-state index contributed by atoms with van der Waals surface area (Å²) in [7, 11) is 0. The second-order valence-electron chi connectivity index (χ2n) is 12.2. The maximum Gasteiger partial charge on any atom is 0.248 e. The molecule has 0 saturated heterocycles. The minimum absolute atomic E-state index is 0.0284. The smallest absolute Gasteiger partial charge is 0.248 e. The third kappa shape index (κ3) is 6.39. The summed E-state index contributed by atoms with van der Waals surface area (Å²) in [6.07, 6.45) is 2.89. The van der Waals surface area contributed by atoms with Crippen LogP contribution in [0.25, 0.3) is 10.9 Å². The zero-order valence-corrected chi connectivity index (χ0v) is 25.8. The van der Waals surface area contributed by atoms with Gasteiger partial charge in [0.2, 0.25) is 5.56 Å². The summed E-state index contributed by atoms with van der Waals surface area (Å²) >= 11 is 0. The molecule has 0 aliphatic heterocycles. The van der Waals surface area contributed by atoms with Crippen LogP contribution in [-0.4, -0.2) is 28.3 Å². The Morgan fingerprint density at radius 2 is 1.57 bits per heavy atom. The number of hydrogen-bond donors (Lipinski definition) is 1. The molecule has 0 amide bonds. The second kappa shape index (κ2) is 13.0. The largest absolute Gasteiger partial charge is 0.487 e. The number of nitrogens with one attached hydrogen (secondary N) is 1. The minimum Gasteiger partial charge on any atom is -0.487 e. The van der Waals surface area contributed by atoms with Crippen LogP contribution in [0.15, 0.2) is 102 Å². The maximum atomic E-state index is 14.1. The number of Topliss-reactive ketones (excluding diaryl/α,β-unsaturated/α-hetero) is 1. The Bertz CT molecular complexity index is 1830. The monoisotopic (exact) mass is 584 g/mol. The molecule has 5 aromatic rings. The Labute approximate surface area is 259 Å². The summed E-state index contributed by atoms with van der Waals surface area (Å²) in [6, 6.07) is 32.2. The maximum absolute atomic E-state index is 14.1. The van der Waals surface area contributed by atoms with E-state index in [9.17, 15) is 9.59 Å². The number of fused-ring (bicyclic) bond motifs is 2. The third-order valence-corrected chi connectivity index (χ3v) is 8.86. The summed E-state index contributed by atoms with van der Waals surface area (Å²) in [5.74, 6) is 1.06. The molecule has 0 spiro atoms. The molecule has 1 atom stereocenters. The van der Waals surface area contributed by atoms with Crippen LogP contribution in [0.1, 0.15) is 70.4 Å². The number of aryl methyl sites for hydroxylation is 1. The van der Waals surface area contributed by atoms with E-state index in [1.165, 1.54) is 33.9 Å². The average molecular weight is 585 g/mol. The highest BCUT2D eigenvalue weighted by Gasteiger charge is 2.30. The van der Waals surface area contributed by atoms with Crippen molar-refractivity contribution in [3.63, 3.8) is 0 Å². The van der Waals surface area contributed by atoms with Gasteiger partial charge < -0.3 is 9.72 Å². The van der Waals surface area contributed by atoms with Gasteiger partial charge in [-0.2, -0.15) is 0 Å². The lowest BCUT2D eigenvalue weighted by Gasteiger charge is -2.28. The van der Waals surface area contributed by atoms with Crippen molar-refractivity contribution in [1.29, 1.82) is 0 Å². The van der Waals surface area contributed by atoms with Crippen molar-refractivity contribution in [2.45, 2.75) is 65.1 Å². The number of pyridine rings is 1. The number of hydrogen-bond acceptors (Lipinski definition) is 4. The van der Waals surface area contributed by atoms with Crippen LogP contribution in [0.2, 0.25) is 0 Å². The number of ether oxygens (including phenoxy) is 1. The van der Waals surface area contributed by atoms with Gasteiger partial charge in [0, 0.05) is 29.6 Å². The Balaban J connectivity index is 1.29. The molecule has 1 aromatic heterocycles. The minimum atomic E-state index is -0.228. The number of carbonyl (C=O) groups excluding carboxylic acids is 1. The molecule has 6 rings (SSSR count). The van der Waals surface area contributed by atoms with E-state index in [1.807, 2.05) is 42.5 Å². The van der Waals surface area contributed by atoms with E-state index in [4.69, 9.17) is 4.74 Å². The fraction of sp³-hybridized carbons (Fsp3) is 0.282. The molecule has 4 aromatic carbocycles. The number of rotatable bonds is 11. The summed E-state index contributed by atoms with van der Waals surface area (Å²) in [6.45, 7) is 8.10. The first-order chi connectivity index (χ1) is 21.4. The molecule has 5 nitrogen and oxygen atoms in total. The molecule has 1 heterocycles. The van der Waals surface area contributed by atoms with Crippen molar-refractivity contribution in [2.24, 2.45) is 0 Å². The van der Waals surface area contributed by atoms with Crippen LogP contribution in [0, 0.1) is 0 Å². The number of H-pyrrole nitrogens is 1. The molecule has 1 N–H and O–H groups in total. The van der Waals surface area contributed by atoms with Gasteiger partial charge in [0.05, 0.1) is 12.1 Å². The van der Waals surface area contributed by atoms with Crippen LogP contribution in [-0.2, 0) is 32.4 Å². The third-order valence-electron chi connectivity index (χ3n) is 8.86. The fourth-order valence-corrected chi connectivity index (χ4v) is 6.55. The molecule has 0 saturated carbocycles. The Morgan fingerprint density at radius 3 is 2.25 bits per heavy atom. The van der Waals surface area contributed by atoms with E-state index in [1.54, 1.807) is 12.1 Å². The zero-order valence-electron chi connectivity index (χ0n) is 25.8. The van der Waals surface area contributed by atoms with Gasteiger partial charge in [0.1, 0.15) is 12.4 Å². The summed E-state index contributed by atoms with van der Waals surface area (Å²) in [5, 5.41) is 0.698. The molecule has 0 bridgehead atoms. The Kier molecular flexibility index (Phi) is 8.76. The zero-order chi connectivity index (χ0) is 30.6. The quantitative estimate of drug-likeness (QED) is 0.162. The van der Waals surface area contributed by atoms with Crippen molar-refractivity contribution in [1.82, 2.24) is 9.88 Å². The van der Waals surface area contributed by atoms with Crippen LogP contribution in [0.5, 0.6) is 5.75 Å². The number of aromatic nitrogens is 1. The lowest BCUT2D eigenvalue weighted by atomic mass is 9.92. The predicted molar refractivity (Wildman–Crippen MR) is 178 cm³/mol. The summed E-state index contributed by atoms with van der Waals surface area (Å²) in [4.78, 5) is 31.8. The number of benzene rings is 4. The number of aromatic amines is 1. The molecule has 0 radical (unpaired) electrons. The van der Waals surface area contributed by atoms with E-state index in [-0.39, 0.29) is 23.9 Å². The van der Waals surface area contributed by atoms with Crippen molar-refractivity contribution >= 4 is 16.7 Å². The highest BCUT2D eigenvalue weighted by molar-refractivity contribution is 6.09. The van der Waals surface area contributed by atoms with Crippen molar-refractivity contribution in [3.8, 4) is 5.75 Å². The summed E-state index contributed by atoms with van der Waals surface area (Å²) < 4.78 is 6.13. The molecule has 1 unspecified atom stereocenters. The number of carbonyl (C=O) groups is 1. The molecule has 1 aliphatic carbocycles. The van der Waals surface area contributed by atoms with Crippen molar-refractivity contribution < 1.29 is 9.53 Å². The van der Waals surface area contributed by atoms with Crippen molar-refractivity contribution in [3.05, 3.63) is 146 Å². The van der Waals surface area contributed by atoms with Gasteiger partial charge >= 0.3 is 0 Å². The normalized spacial score (nSPS) is 14.3. The van der Waals surface area contributed by atoms with Crippen LogP contribution < -0.4 is 10.3 Å². The number of ketones is 1. The van der Waals surface area contributed by atoms with Crippen LogP contribution in [0.4, 0.5) is 0 Å². The van der Waals surface area contributed by atoms with Crippen LogP contribution in [0.3, 0.4) is 0 Å². The van der Waals surface area contributed by atoms with E-state index in [0.29, 0.717) is 41.3 Å². The highest BCUT2D eigenvalue weighted by atomic mass is 16.5. The lowest BCUT2D eigenvalue weighted by molar-refractivity contribution is 0.0886. The van der Waals surface area contributed by atoms with E-state index in [2.05, 4.69) is 67.1 Å². The van der Waals surface area contributed by atoms with E-state index < -0.39 is 0 Å². The highest BCUT2D eigenvalue weighted by Crippen LogP contribution is 2.33. The second-order valence-corrected chi connectivity index (χ2v) is 12.2. The van der Waals surface area contributed by atoms with Crippen molar-refractivity contribution in [2.75, 3.05) is 6.54 Å². The summed E-state index contributed by atoms with van der Waals surface area (Å²) in [5.41, 5.74) is 8.81. The van der Waals surface area contributed by atoms with Crippen LogP contribution >= 0.6 is 0 Å². The topological polar surface area (TPSA) is 62.4 Å². The Hall–Kier alpha value is -4.48. The van der Waals surface area contributed by atoms with Gasteiger partial charge in [-0.15, -0.1) is 0 Å². The van der Waals surface area contributed by atoms with E-state index >= 15 is 0 Å². The molecule has 5 heteroatoms. The SMILES string of the molecule is CCc1cc2c(cc1C(C)C)CC(N(CC(=O)c1ccc(OCc3ccccc3)c3[nH]c(=O)ccc13)Cc1ccccc1)C2. The standard InChI is InChI=1S/C39H40N2O3/c1-4-29-19-30-20-32(21-31(30)22-35(29)26(2)3)41(23-27-11-7-5-8-12-27)24-36(42)33-15-17-37(39-34(33)16-18-38(43)40-39)44-25-28-13-9-6-10-14-28/h5-19,22,26,32H,4,20-21,23-25H2,1-3H3,(H,40,43). The average Bonchev–Trinajstić information content (AvgIpc) is 3.46. The first-order valence-corrected chi connectivity index (χ1v) is 15.7. The molecular weight excluding hydrogens is 544 g/mol. The lowest BCUT2D eigenvalue weighted by Crippen LogP contribution is -2.39. The molecular formula is C39H40N2O3. The van der Waals surface area contributed by atoms with Gasteiger partial charge in [-0.25, -0.2) is 0 Å². The van der Waals surface area contributed by atoms with E-state index in [0.717, 1.165) is 24.8 Å². The predicted octanol–water partition coefficient (Wildman–Crippen LogP) is 7.65. The molecule has 0 fully saturated rings. The van der Waals surface area contributed by atoms with Gasteiger partial charge in [-0.1, -0.05) is 93.6 Å². The Morgan fingerprint density at radius 1 is 0.886 bits per heavy atom. The molecule has 224 valence electrons. The first-order valence-electron chi connectivity index (χ1n) is 15.7. The fourth-order valence-electron chi connectivity index (χ4n) is 6.55. The van der Waals surface area contributed by atoms with Gasteiger partial charge in [0.25, 0.3) is 0 Å². The van der Waals surface area contributed by atoms with Gasteiger partial charge in [-0.3, -0.25) is 14.5 Å². The molecule has 1 aliphatic rings. The molecule has 44 heavy (non-hydrogen) atoms.